The smallest absolute Gasteiger partial charge is 0.338 e. The summed E-state index contributed by atoms with van der Waals surface area (Å²) in [5.41, 5.74) is 5.99. The van der Waals surface area contributed by atoms with Gasteiger partial charge in [0.25, 0.3) is 11.8 Å². The number of hydrogen-bond donors (Lipinski definition) is 2. The minimum absolute atomic E-state index is 0.106. The Morgan fingerprint density at radius 1 is 0.818 bits per heavy atom. The Morgan fingerprint density at radius 3 is 1.88 bits per heavy atom. The molecule has 0 spiro atoms. The third-order valence-electron chi connectivity index (χ3n) is 4.81. The van der Waals surface area contributed by atoms with Gasteiger partial charge in [-0.25, -0.2) is 4.79 Å². The second-order valence-electron chi connectivity index (χ2n) is 6.71. The van der Waals surface area contributed by atoms with Gasteiger partial charge in [0.1, 0.15) is 0 Å². The van der Waals surface area contributed by atoms with E-state index in [4.69, 9.17) is 18.9 Å². The van der Waals surface area contributed by atoms with Gasteiger partial charge in [0.05, 0.1) is 26.9 Å². The second kappa shape index (κ2) is 12.2. The zero-order valence-electron chi connectivity index (χ0n) is 19.4. The summed E-state index contributed by atoms with van der Waals surface area (Å²) in [5, 5.41) is 0. The Balaban J connectivity index is 1.90. The zero-order valence-corrected chi connectivity index (χ0v) is 19.4. The lowest BCUT2D eigenvalue weighted by molar-refractivity contribution is -0.125. The number of hydrogen-bond acceptors (Lipinski definition) is 8. The molecular weight excluding hydrogens is 430 g/mol. The predicted octanol–water partition coefficient (Wildman–Crippen LogP) is 2.18. The molecule has 178 valence electrons. The number of carbonyl (C=O) groups is 3. The molecule has 0 aromatic heterocycles. The summed E-state index contributed by atoms with van der Waals surface area (Å²) >= 11 is 0. The Morgan fingerprint density at radius 2 is 1.39 bits per heavy atom. The average molecular weight is 459 g/mol. The summed E-state index contributed by atoms with van der Waals surface area (Å²) in [6.07, 6.45) is 0. The fourth-order valence-corrected chi connectivity index (χ4v) is 3.06. The number of carbonyl (C=O) groups excluding carboxylic acids is 3. The zero-order chi connectivity index (χ0) is 24.4. The molecule has 0 saturated heterocycles. The van der Waals surface area contributed by atoms with Gasteiger partial charge in [0.15, 0.2) is 18.1 Å². The molecule has 2 amide bonds. The van der Waals surface area contributed by atoms with E-state index in [1.54, 1.807) is 12.1 Å². The quantitative estimate of drug-likeness (QED) is 0.410. The summed E-state index contributed by atoms with van der Waals surface area (Å²) in [7, 11) is 4.27. The molecule has 10 heteroatoms. The maximum Gasteiger partial charge on any atom is 0.338 e. The number of methoxy groups -OCH3 is 3. The standard InChI is InChI=1S/C23H29N3O7/c1-6-26(7-2)17-10-8-15(9-11-17)22(28)25-24-20(27)14-33-23(29)16-12-18(30-3)21(32-5)19(13-16)31-4/h8-13H,6-7,14H2,1-5H3,(H,24,27)(H,25,28). The number of anilines is 1. The molecule has 0 unspecified atom stereocenters. The molecular formula is C23H29N3O7. The lowest BCUT2D eigenvalue weighted by Crippen LogP contribution is -2.43. The molecule has 2 aromatic carbocycles. The van der Waals surface area contributed by atoms with Crippen molar-refractivity contribution >= 4 is 23.5 Å². The number of hydrazine groups is 1. The van der Waals surface area contributed by atoms with Gasteiger partial charge in [-0.15, -0.1) is 0 Å². The first kappa shape index (κ1) is 25.3. The van der Waals surface area contributed by atoms with Gasteiger partial charge in [0, 0.05) is 24.3 Å². The van der Waals surface area contributed by atoms with Crippen molar-refractivity contribution in [3.8, 4) is 17.2 Å². The highest BCUT2D eigenvalue weighted by molar-refractivity contribution is 5.96. The van der Waals surface area contributed by atoms with Crippen LogP contribution in [0.25, 0.3) is 0 Å². The van der Waals surface area contributed by atoms with E-state index in [-0.39, 0.29) is 17.1 Å². The third kappa shape index (κ3) is 6.52. The van der Waals surface area contributed by atoms with Crippen molar-refractivity contribution in [3.05, 3.63) is 47.5 Å². The molecule has 0 heterocycles. The molecule has 0 atom stereocenters. The SMILES string of the molecule is CCN(CC)c1ccc(C(=O)NNC(=O)COC(=O)c2cc(OC)c(OC)c(OC)c2)cc1. The molecule has 2 N–H and O–H groups in total. The van der Waals surface area contributed by atoms with Crippen LogP contribution in [0.15, 0.2) is 36.4 Å². The van der Waals surface area contributed by atoms with Gasteiger partial charge < -0.3 is 23.8 Å². The van der Waals surface area contributed by atoms with Crippen molar-refractivity contribution in [2.45, 2.75) is 13.8 Å². The number of benzene rings is 2. The lowest BCUT2D eigenvalue weighted by Gasteiger charge is -2.21. The van der Waals surface area contributed by atoms with Crippen LogP contribution in [0.4, 0.5) is 5.69 Å². The van der Waals surface area contributed by atoms with Crippen LogP contribution in [0.5, 0.6) is 17.2 Å². The van der Waals surface area contributed by atoms with Crippen LogP contribution in [-0.2, 0) is 9.53 Å². The van der Waals surface area contributed by atoms with Gasteiger partial charge in [0.2, 0.25) is 5.75 Å². The number of nitrogens with one attached hydrogen (secondary N) is 2. The van der Waals surface area contributed by atoms with Crippen LogP contribution in [0.3, 0.4) is 0 Å². The normalized spacial score (nSPS) is 10.1. The fraction of sp³-hybridized carbons (Fsp3) is 0.348. The predicted molar refractivity (Wildman–Crippen MR) is 122 cm³/mol. The van der Waals surface area contributed by atoms with Crippen LogP contribution in [0.2, 0.25) is 0 Å². The van der Waals surface area contributed by atoms with E-state index in [0.29, 0.717) is 11.3 Å². The monoisotopic (exact) mass is 459 g/mol. The van der Waals surface area contributed by atoms with Crippen molar-refractivity contribution in [1.29, 1.82) is 0 Å². The summed E-state index contributed by atoms with van der Waals surface area (Å²) in [6, 6.07) is 9.82. The van der Waals surface area contributed by atoms with Crippen LogP contribution < -0.4 is 30.0 Å². The maximum atomic E-state index is 12.3. The van der Waals surface area contributed by atoms with E-state index in [9.17, 15) is 14.4 Å². The first-order valence-corrected chi connectivity index (χ1v) is 10.3. The molecule has 0 aliphatic heterocycles. The fourth-order valence-electron chi connectivity index (χ4n) is 3.06. The Hall–Kier alpha value is -3.95. The molecule has 10 nitrogen and oxygen atoms in total. The Kier molecular flexibility index (Phi) is 9.34. The van der Waals surface area contributed by atoms with Crippen LogP contribution >= 0.6 is 0 Å². The molecule has 0 bridgehead atoms. The highest BCUT2D eigenvalue weighted by atomic mass is 16.5. The van der Waals surface area contributed by atoms with Gasteiger partial charge in [-0.3, -0.25) is 20.4 Å². The topological polar surface area (TPSA) is 115 Å². The maximum absolute atomic E-state index is 12.3. The highest BCUT2D eigenvalue weighted by Gasteiger charge is 2.19. The number of esters is 1. The van der Waals surface area contributed by atoms with E-state index >= 15 is 0 Å². The first-order chi connectivity index (χ1) is 15.9. The number of ether oxygens (including phenoxy) is 4. The molecule has 2 aromatic rings. The van der Waals surface area contributed by atoms with Crippen molar-refractivity contribution in [3.63, 3.8) is 0 Å². The number of rotatable bonds is 10. The Bertz CT molecular complexity index is 948. The van der Waals surface area contributed by atoms with E-state index in [0.717, 1.165) is 18.8 Å². The first-order valence-electron chi connectivity index (χ1n) is 10.3. The summed E-state index contributed by atoms with van der Waals surface area (Å²) in [4.78, 5) is 38.7. The molecule has 2 rings (SSSR count). The highest BCUT2D eigenvalue weighted by Crippen LogP contribution is 2.38. The third-order valence-corrected chi connectivity index (χ3v) is 4.81. The summed E-state index contributed by atoms with van der Waals surface area (Å²) in [6.45, 7) is 5.21. The van der Waals surface area contributed by atoms with E-state index in [1.807, 2.05) is 26.0 Å². The minimum Gasteiger partial charge on any atom is -0.493 e. The van der Waals surface area contributed by atoms with E-state index in [1.165, 1.54) is 33.5 Å². The summed E-state index contributed by atoms with van der Waals surface area (Å²) < 4.78 is 20.6. The lowest BCUT2D eigenvalue weighted by atomic mass is 10.2. The largest absolute Gasteiger partial charge is 0.493 e. The van der Waals surface area contributed by atoms with Crippen LogP contribution in [-0.4, -0.2) is 58.8 Å². The second-order valence-corrected chi connectivity index (χ2v) is 6.71. The van der Waals surface area contributed by atoms with E-state index in [2.05, 4.69) is 15.8 Å². The van der Waals surface area contributed by atoms with Gasteiger partial charge >= 0.3 is 5.97 Å². The van der Waals surface area contributed by atoms with Crippen LogP contribution in [0.1, 0.15) is 34.6 Å². The average Bonchev–Trinajstić information content (AvgIpc) is 2.85. The van der Waals surface area contributed by atoms with Gasteiger partial charge in [-0.2, -0.15) is 0 Å². The number of amides is 2. The summed E-state index contributed by atoms with van der Waals surface area (Å²) in [5.74, 6) is -1.11. The molecule has 0 fully saturated rings. The van der Waals surface area contributed by atoms with Crippen LogP contribution in [0, 0.1) is 0 Å². The van der Waals surface area contributed by atoms with Crippen molar-refractivity contribution in [2.75, 3.05) is 45.9 Å². The minimum atomic E-state index is -0.775. The molecule has 0 radical (unpaired) electrons. The molecule has 0 aliphatic carbocycles. The molecule has 0 saturated carbocycles. The van der Waals surface area contributed by atoms with Gasteiger partial charge in [-0.1, -0.05) is 0 Å². The van der Waals surface area contributed by atoms with Gasteiger partial charge in [-0.05, 0) is 50.2 Å². The molecule has 33 heavy (non-hydrogen) atoms. The van der Waals surface area contributed by atoms with Crippen molar-refractivity contribution < 1.29 is 33.3 Å². The molecule has 0 aliphatic rings. The van der Waals surface area contributed by atoms with Crippen molar-refractivity contribution in [1.82, 2.24) is 10.9 Å². The Labute approximate surface area is 192 Å². The number of nitrogens with zero attached hydrogens (tertiary/aromatic N) is 1. The van der Waals surface area contributed by atoms with Crippen molar-refractivity contribution in [2.24, 2.45) is 0 Å². The van der Waals surface area contributed by atoms with E-state index < -0.39 is 24.4 Å².